The van der Waals surface area contributed by atoms with E-state index in [1.165, 1.54) is 11.3 Å². The number of rotatable bonds is 2. The van der Waals surface area contributed by atoms with Crippen LogP contribution in [0.15, 0.2) is 45.9 Å². The van der Waals surface area contributed by atoms with Gasteiger partial charge in [0, 0.05) is 15.1 Å². The molecule has 0 aliphatic rings. The monoisotopic (exact) mass is 418 g/mol. The lowest BCUT2D eigenvalue weighted by Gasteiger charge is -2.04. The third-order valence-corrected chi connectivity index (χ3v) is 5.55. The van der Waals surface area contributed by atoms with Gasteiger partial charge in [-0.15, -0.1) is 6.42 Å². The largest absolute Gasteiger partial charge is 0.304 e. The molecule has 0 aliphatic carbocycles. The number of thiazole rings is 1. The second-order valence-corrected chi connectivity index (χ2v) is 7.45. The molecular formula is C18H12BrClN2OS. The number of fused-ring (bicyclic) bond motifs is 1. The van der Waals surface area contributed by atoms with E-state index in [1.807, 2.05) is 35.8 Å². The summed E-state index contributed by atoms with van der Waals surface area (Å²) in [5.74, 6) is 2.32. The minimum Gasteiger partial charge on any atom is -0.304 e. The number of hydrogen-bond acceptors (Lipinski definition) is 2. The number of benzene rings is 2. The molecule has 0 aliphatic heterocycles. The lowest BCUT2D eigenvalue weighted by Crippen LogP contribution is -2.17. The Hall–Kier alpha value is -1.87. The van der Waals surface area contributed by atoms with Crippen molar-refractivity contribution >= 4 is 55.0 Å². The van der Waals surface area contributed by atoms with E-state index in [4.69, 9.17) is 18.0 Å². The van der Waals surface area contributed by atoms with Crippen molar-refractivity contribution < 1.29 is 4.79 Å². The number of carbonyl (C=O) groups excluding carboxylic acids is 1. The molecule has 1 heterocycles. The second kappa shape index (κ2) is 6.94. The number of amides is 1. The van der Waals surface area contributed by atoms with Crippen molar-refractivity contribution in [2.45, 2.75) is 13.5 Å². The minimum absolute atomic E-state index is 0.302. The summed E-state index contributed by atoms with van der Waals surface area (Å²) in [4.78, 5) is 17.3. The summed E-state index contributed by atoms with van der Waals surface area (Å²) in [5.41, 5.74) is 2.38. The van der Waals surface area contributed by atoms with Crippen LogP contribution in [0.4, 0.5) is 0 Å². The first-order valence-corrected chi connectivity index (χ1v) is 9.06. The van der Waals surface area contributed by atoms with E-state index in [0.29, 0.717) is 21.9 Å². The molecule has 120 valence electrons. The highest BCUT2D eigenvalue weighted by molar-refractivity contribution is 9.10. The lowest BCUT2D eigenvalue weighted by atomic mass is 10.2. The second-order valence-electron chi connectivity index (χ2n) is 5.12. The fraction of sp³-hybridized carbons (Fsp3) is 0.111. The van der Waals surface area contributed by atoms with Crippen LogP contribution >= 0.6 is 38.9 Å². The molecule has 0 saturated carbocycles. The highest BCUT2D eigenvalue weighted by Gasteiger charge is 2.12. The summed E-state index contributed by atoms with van der Waals surface area (Å²) in [6.07, 6.45) is 5.50. The average molecular weight is 420 g/mol. The van der Waals surface area contributed by atoms with E-state index in [-0.39, 0.29) is 5.91 Å². The van der Waals surface area contributed by atoms with Crippen LogP contribution in [-0.2, 0) is 6.54 Å². The summed E-state index contributed by atoms with van der Waals surface area (Å²) < 4.78 is 3.76. The number of nitrogens with zero attached hydrogens (tertiary/aromatic N) is 2. The van der Waals surface area contributed by atoms with Crippen molar-refractivity contribution in [1.29, 1.82) is 0 Å². The summed E-state index contributed by atoms with van der Waals surface area (Å²) in [6, 6.07) is 10.9. The SMILES string of the molecule is C#CCn1c(=NC(=O)c2ccc(Br)cc2)sc2ccc(Cl)c(C)c21. The number of carbonyl (C=O) groups is 1. The Morgan fingerprint density at radius 3 is 2.71 bits per heavy atom. The third-order valence-electron chi connectivity index (χ3n) is 3.57. The summed E-state index contributed by atoms with van der Waals surface area (Å²) in [6.45, 7) is 2.26. The van der Waals surface area contributed by atoms with Gasteiger partial charge in [-0.05, 0) is 48.9 Å². The Kier molecular flexibility index (Phi) is 4.91. The van der Waals surface area contributed by atoms with Crippen LogP contribution in [0.25, 0.3) is 10.2 Å². The number of aromatic nitrogens is 1. The molecule has 3 aromatic rings. The zero-order valence-corrected chi connectivity index (χ0v) is 15.9. The molecule has 3 rings (SSSR count). The van der Waals surface area contributed by atoms with Crippen molar-refractivity contribution in [2.75, 3.05) is 0 Å². The number of hydrogen-bond donors (Lipinski definition) is 0. The normalized spacial score (nSPS) is 11.7. The van der Waals surface area contributed by atoms with Crippen molar-refractivity contribution in [3.63, 3.8) is 0 Å². The lowest BCUT2D eigenvalue weighted by molar-refractivity contribution is 0.0998. The first-order chi connectivity index (χ1) is 11.5. The first kappa shape index (κ1) is 17.0. The van der Waals surface area contributed by atoms with Gasteiger partial charge < -0.3 is 4.57 Å². The molecule has 3 nitrogen and oxygen atoms in total. The number of terminal acetylenes is 1. The van der Waals surface area contributed by atoms with Crippen LogP contribution in [0.3, 0.4) is 0 Å². The highest BCUT2D eigenvalue weighted by Crippen LogP contribution is 2.27. The van der Waals surface area contributed by atoms with Crippen LogP contribution in [-0.4, -0.2) is 10.5 Å². The predicted octanol–water partition coefficient (Wildman–Crippen LogP) is 4.80. The van der Waals surface area contributed by atoms with Crippen molar-refractivity contribution in [3.8, 4) is 12.3 Å². The van der Waals surface area contributed by atoms with Gasteiger partial charge in [-0.2, -0.15) is 4.99 Å². The molecule has 0 radical (unpaired) electrons. The molecule has 0 N–H and O–H groups in total. The maximum absolute atomic E-state index is 12.4. The van der Waals surface area contributed by atoms with Crippen LogP contribution < -0.4 is 4.80 Å². The van der Waals surface area contributed by atoms with Gasteiger partial charge in [0.25, 0.3) is 5.91 Å². The van der Waals surface area contributed by atoms with Crippen molar-refractivity contribution in [3.05, 3.63) is 61.8 Å². The number of aryl methyl sites for hydroxylation is 1. The van der Waals surface area contributed by atoms with E-state index in [1.54, 1.807) is 12.1 Å². The smallest absolute Gasteiger partial charge is 0.279 e. The molecule has 1 aromatic heterocycles. The fourth-order valence-electron chi connectivity index (χ4n) is 2.38. The zero-order chi connectivity index (χ0) is 17.3. The standard InChI is InChI=1S/C18H12BrClN2OS/c1-3-10-22-16-11(2)14(20)8-9-15(16)24-18(22)21-17(23)12-4-6-13(19)7-5-12/h1,4-9H,10H2,2H3. The van der Waals surface area contributed by atoms with E-state index in [0.717, 1.165) is 20.3 Å². The molecule has 2 aromatic carbocycles. The van der Waals surface area contributed by atoms with Crippen molar-refractivity contribution in [2.24, 2.45) is 4.99 Å². The van der Waals surface area contributed by atoms with Gasteiger partial charge in [0.15, 0.2) is 4.80 Å². The van der Waals surface area contributed by atoms with E-state index >= 15 is 0 Å². The van der Waals surface area contributed by atoms with E-state index < -0.39 is 0 Å². The molecular weight excluding hydrogens is 408 g/mol. The van der Waals surface area contributed by atoms with Crippen LogP contribution in [0.2, 0.25) is 5.02 Å². The first-order valence-electron chi connectivity index (χ1n) is 7.08. The topological polar surface area (TPSA) is 34.4 Å². The van der Waals surface area contributed by atoms with Gasteiger partial charge in [-0.25, -0.2) is 0 Å². The van der Waals surface area contributed by atoms with Gasteiger partial charge >= 0.3 is 0 Å². The molecule has 0 unspecified atom stereocenters. The van der Waals surface area contributed by atoms with E-state index in [9.17, 15) is 4.79 Å². The van der Waals surface area contributed by atoms with Crippen LogP contribution in [0, 0.1) is 19.3 Å². The van der Waals surface area contributed by atoms with Gasteiger partial charge in [0.05, 0.1) is 16.8 Å². The Labute approximate surface area is 156 Å². The predicted molar refractivity (Wildman–Crippen MR) is 102 cm³/mol. The zero-order valence-electron chi connectivity index (χ0n) is 12.7. The summed E-state index contributed by atoms with van der Waals surface area (Å²) in [5, 5.41) is 0.664. The molecule has 1 amide bonds. The molecule has 0 bridgehead atoms. The van der Waals surface area contributed by atoms with Crippen LogP contribution in [0.5, 0.6) is 0 Å². The average Bonchev–Trinajstić information content (AvgIpc) is 2.90. The Morgan fingerprint density at radius 1 is 1.33 bits per heavy atom. The van der Waals surface area contributed by atoms with Crippen molar-refractivity contribution in [1.82, 2.24) is 4.57 Å². The molecule has 24 heavy (non-hydrogen) atoms. The van der Waals surface area contributed by atoms with Gasteiger partial charge in [0.1, 0.15) is 0 Å². The maximum Gasteiger partial charge on any atom is 0.279 e. The molecule has 6 heteroatoms. The Bertz CT molecular complexity index is 1040. The van der Waals surface area contributed by atoms with Gasteiger partial charge in [-0.1, -0.05) is 44.8 Å². The molecule has 0 atom stereocenters. The third kappa shape index (κ3) is 3.18. The minimum atomic E-state index is -0.302. The Balaban J connectivity index is 2.20. The Morgan fingerprint density at radius 2 is 2.04 bits per heavy atom. The fourth-order valence-corrected chi connectivity index (χ4v) is 3.89. The summed E-state index contributed by atoms with van der Waals surface area (Å²) in [7, 11) is 0. The molecule has 0 saturated heterocycles. The molecule has 0 fully saturated rings. The number of halogens is 2. The van der Waals surface area contributed by atoms with Gasteiger partial charge in [0.2, 0.25) is 0 Å². The van der Waals surface area contributed by atoms with E-state index in [2.05, 4.69) is 26.8 Å². The summed E-state index contributed by atoms with van der Waals surface area (Å²) >= 11 is 11.0. The quantitative estimate of drug-likeness (QED) is 0.549. The maximum atomic E-state index is 12.4. The molecule has 0 spiro atoms. The highest BCUT2D eigenvalue weighted by atomic mass is 79.9. The van der Waals surface area contributed by atoms with Gasteiger partial charge in [-0.3, -0.25) is 4.79 Å². The van der Waals surface area contributed by atoms with Crippen LogP contribution in [0.1, 0.15) is 15.9 Å².